The van der Waals surface area contributed by atoms with Crippen LogP contribution in [0.2, 0.25) is 5.02 Å². The van der Waals surface area contributed by atoms with Gasteiger partial charge in [0, 0.05) is 22.1 Å². The topological polar surface area (TPSA) is 64.9 Å². The van der Waals surface area contributed by atoms with Crippen LogP contribution in [0.5, 0.6) is 5.75 Å². The first-order chi connectivity index (χ1) is 13.1. The number of hydrogen-bond donors (Lipinski definition) is 1. The summed E-state index contributed by atoms with van der Waals surface area (Å²) in [6, 6.07) is 9.91. The number of aromatic nitrogens is 4. The van der Waals surface area contributed by atoms with Crippen LogP contribution in [0, 0.1) is 5.82 Å². The number of nitrogens with one attached hydrogen (secondary N) is 1. The third kappa shape index (κ3) is 5.05. The molecule has 140 valence electrons. The van der Waals surface area contributed by atoms with E-state index in [1.807, 2.05) is 18.2 Å². The van der Waals surface area contributed by atoms with Crippen molar-refractivity contribution in [3.8, 4) is 5.75 Å². The molecule has 9 heteroatoms. The van der Waals surface area contributed by atoms with Gasteiger partial charge in [-0.3, -0.25) is 0 Å². The Bertz CT molecular complexity index is 949. The van der Waals surface area contributed by atoms with Crippen molar-refractivity contribution in [1.82, 2.24) is 20.2 Å². The highest BCUT2D eigenvalue weighted by molar-refractivity contribution is 9.10. The maximum atomic E-state index is 13.2. The molecule has 0 fully saturated rings. The number of allylic oxidation sites excluding steroid dienone is 1. The van der Waals surface area contributed by atoms with Crippen molar-refractivity contribution in [3.63, 3.8) is 0 Å². The molecule has 3 aromatic rings. The van der Waals surface area contributed by atoms with Crippen molar-refractivity contribution in [1.29, 1.82) is 0 Å². The average Bonchev–Trinajstić information content (AvgIpc) is 3.08. The van der Waals surface area contributed by atoms with Crippen LogP contribution >= 0.6 is 27.5 Å². The molecule has 0 radical (unpaired) electrons. The second kappa shape index (κ2) is 8.96. The SMILES string of the molecule is C=CCn1nnnc1NCc1cc(Br)ccc1OCc1ccc(F)cc1Cl. The van der Waals surface area contributed by atoms with Crippen LogP contribution in [0.15, 0.2) is 53.5 Å². The Hall–Kier alpha value is -2.45. The van der Waals surface area contributed by atoms with Gasteiger partial charge in [-0.05, 0) is 40.8 Å². The van der Waals surface area contributed by atoms with Gasteiger partial charge in [-0.1, -0.05) is 44.8 Å². The van der Waals surface area contributed by atoms with Crippen LogP contribution < -0.4 is 10.1 Å². The molecule has 3 rings (SSSR count). The number of rotatable bonds is 8. The monoisotopic (exact) mass is 451 g/mol. The molecule has 1 aromatic heterocycles. The van der Waals surface area contributed by atoms with Gasteiger partial charge in [0.2, 0.25) is 5.95 Å². The molecule has 0 aliphatic carbocycles. The van der Waals surface area contributed by atoms with E-state index in [-0.39, 0.29) is 12.4 Å². The van der Waals surface area contributed by atoms with Crippen LogP contribution in [0.25, 0.3) is 0 Å². The second-order valence-corrected chi connectivity index (χ2v) is 6.93. The maximum Gasteiger partial charge on any atom is 0.243 e. The summed E-state index contributed by atoms with van der Waals surface area (Å²) in [5, 5.41) is 15.0. The minimum absolute atomic E-state index is 0.224. The van der Waals surface area contributed by atoms with E-state index >= 15 is 0 Å². The minimum Gasteiger partial charge on any atom is -0.488 e. The summed E-state index contributed by atoms with van der Waals surface area (Å²) in [5.74, 6) is 0.825. The molecule has 0 spiro atoms. The van der Waals surface area contributed by atoms with Gasteiger partial charge in [0.15, 0.2) is 0 Å². The van der Waals surface area contributed by atoms with E-state index in [9.17, 15) is 4.39 Å². The Morgan fingerprint density at radius 1 is 1.26 bits per heavy atom. The molecule has 0 saturated carbocycles. The van der Waals surface area contributed by atoms with Gasteiger partial charge >= 0.3 is 0 Å². The van der Waals surface area contributed by atoms with Crippen molar-refractivity contribution < 1.29 is 9.13 Å². The first-order valence-electron chi connectivity index (χ1n) is 8.03. The lowest BCUT2D eigenvalue weighted by molar-refractivity contribution is 0.303. The molecule has 0 aliphatic heterocycles. The number of anilines is 1. The predicted molar refractivity (Wildman–Crippen MR) is 105 cm³/mol. The van der Waals surface area contributed by atoms with Gasteiger partial charge in [-0.15, -0.1) is 6.58 Å². The van der Waals surface area contributed by atoms with E-state index in [1.165, 1.54) is 12.1 Å². The lowest BCUT2D eigenvalue weighted by atomic mass is 10.2. The zero-order valence-electron chi connectivity index (χ0n) is 14.2. The number of nitrogens with zero attached hydrogens (tertiary/aromatic N) is 4. The van der Waals surface area contributed by atoms with E-state index in [0.717, 1.165) is 10.0 Å². The fourth-order valence-corrected chi connectivity index (χ4v) is 3.00. The van der Waals surface area contributed by atoms with Gasteiger partial charge in [0.1, 0.15) is 18.2 Å². The Balaban J connectivity index is 1.72. The first kappa shape index (κ1) is 19.3. The van der Waals surface area contributed by atoms with Gasteiger partial charge in [-0.25, -0.2) is 9.07 Å². The van der Waals surface area contributed by atoms with Crippen LogP contribution in [0.1, 0.15) is 11.1 Å². The summed E-state index contributed by atoms with van der Waals surface area (Å²) >= 11 is 9.53. The highest BCUT2D eigenvalue weighted by atomic mass is 79.9. The molecule has 0 atom stereocenters. The Morgan fingerprint density at radius 2 is 2.11 bits per heavy atom. The molecule has 0 aliphatic rings. The molecule has 27 heavy (non-hydrogen) atoms. The molecule has 0 saturated heterocycles. The highest BCUT2D eigenvalue weighted by Crippen LogP contribution is 2.26. The standard InChI is InChI=1S/C18H16BrClFN5O/c1-2-7-26-18(23-24-25-26)22-10-13-8-14(19)4-6-17(13)27-11-12-3-5-15(21)9-16(12)20/h2-6,8-9H,1,7,10-11H2,(H,22,23,25). The molecule has 0 amide bonds. The summed E-state index contributed by atoms with van der Waals surface area (Å²) < 4.78 is 21.6. The van der Waals surface area contributed by atoms with Gasteiger partial charge in [0.25, 0.3) is 0 Å². The van der Waals surface area contributed by atoms with Crippen molar-refractivity contribution in [2.45, 2.75) is 19.7 Å². The molecule has 6 nitrogen and oxygen atoms in total. The Kier molecular flexibility index (Phi) is 6.41. The van der Waals surface area contributed by atoms with Crippen LogP contribution in [-0.4, -0.2) is 20.2 Å². The lowest BCUT2D eigenvalue weighted by Crippen LogP contribution is -2.09. The van der Waals surface area contributed by atoms with Crippen molar-refractivity contribution >= 4 is 33.5 Å². The minimum atomic E-state index is -0.380. The number of benzene rings is 2. The average molecular weight is 453 g/mol. The van der Waals surface area contributed by atoms with E-state index in [1.54, 1.807) is 16.8 Å². The molecule has 2 aromatic carbocycles. The van der Waals surface area contributed by atoms with Gasteiger partial charge < -0.3 is 10.1 Å². The smallest absolute Gasteiger partial charge is 0.243 e. The molecular formula is C18H16BrClFN5O. The second-order valence-electron chi connectivity index (χ2n) is 5.60. The van der Waals surface area contributed by atoms with Crippen LogP contribution in [0.4, 0.5) is 10.3 Å². The summed E-state index contributed by atoms with van der Waals surface area (Å²) in [4.78, 5) is 0. The number of ether oxygens (including phenoxy) is 1. The van der Waals surface area contributed by atoms with Gasteiger partial charge in [-0.2, -0.15) is 0 Å². The van der Waals surface area contributed by atoms with E-state index in [0.29, 0.717) is 35.4 Å². The summed E-state index contributed by atoms with van der Waals surface area (Å²) in [6.07, 6.45) is 1.71. The lowest BCUT2D eigenvalue weighted by Gasteiger charge is -2.14. The Morgan fingerprint density at radius 3 is 2.89 bits per heavy atom. The first-order valence-corrected chi connectivity index (χ1v) is 9.20. The number of tetrazole rings is 1. The Labute approximate surface area is 169 Å². The molecule has 0 unspecified atom stereocenters. The zero-order chi connectivity index (χ0) is 19.2. The fourth-order valence-electron chi connectivity index (χ4n) is 2.37. The fraction of sp³-hybridized carbons (Fsp3) is 0.167. The maximum absolute atomic E-state index is 13.2. The molecule has 0 bridgehead atoms. The van der Waals surface area contributed by atoms with E-state index in [2.05, 4.69) is 43.4 Å². The van der Waals surface area contributed by atoms with Crippen molar-refractivity contribution in [2.24, 2.45) is 0 Å². The molecule has 1 N–H and O–H groups in total. The molecule has 1 heterocycles. The van der Waals surface area contributed by atoms with Crippen LogP contribution in [0.3, 0.4) is 0 Å². The largest absolute Gasteiger partial charge is 0.488 e. The van der Waals surface area contributed by atoms with E-state index < -0.39 is 0 Å². The quantitative estimate of drug-likeness (QED) is 0.506. The zero-order valence-corrected chi connectivity index (χ0v) is 16.5. The normalized spacial score (nSPS) is 10.6. The summed E-state index contributed by atoms with van der Waals surface area (Å²) in [7, 11) is 0. The third-order valence-corrected chi connectivity index (χ3v) is 4.54. The van der Waals surface area contributed by atoms with E-state index in [4.69, 9.17) is 16.3 Å². The third-order valence-electron chi connectivity index (χ3n) is 3.69. The number of hydrogen-bond acceptors (Lipinski definition) is 5. The summed E-state index contributed by atoms with van der Waals surface area (Å²) in [6.45, 7) is 4.85. The summed E-state index contributed by atoms with van der Waals surface area (Å²) in [5.41, 5.74) is 1.60. The van der Waals surface area contributed by atoms with Crippen molar-refractivity contribution in [2.75, 3.05) is 5.32 Å². The number of halogens is 3. The predicted octanol–water partition coefficient (Wildman–Crippen LogP) is 4.61. The highest BCUT2D eigenvalue weighted by Gasteiger charge is 2.10. The van der Waals surface area contributed by atoms with Crippen LogP contribution in [-0.2, 0) is 19.7 Å². The van der Waals surface area contributed by atoms with Crippen molar-refractivity contribution in [3.05, 3.63) is 75.5 Å². The van der Waals surface area contributed by atoms with Gasteiger partial charge in [0.05, 0.1) is 11.6 Å². The molecular weight excluding hydrogens is 437 g/mol.